The lowest BCUT2D eigenvalue weighted by Crippen LogP contribution is -2.26. The fraction of sp³-hybridized carbons (Fsp3) is 0.154. The summed E-state index contributed by atoms with van der Waals surface area (Å²) in [6.45, 7) is 0. The summed E-state index contributed by atoms with van der Waals surface area (Å²) in [7, 11) is 1.08. The molecule has 1 aromatic heterocycles. The van der Waals surface area contributed by atoms with Gasteiger partial charge in [-0.1, -0.05) is 11.6 Å². The number of aromatic nitrogens is 2. The van der Waals surface area contributed by atoms with E-state index >= 15 is 0 Å². The first-order valence-electron chi connectivity index (χ1n) is 6.23. The van der Waals surface area contributed by atoms with Crippen LogP contribution in [0.3, 0.4) is 0 Å². The molecular weight excluding hydrogens is 355 g/mol. The van der Waals surface area contributed by atoms with Crippen molar-refractivity contribution in [3.63, 3.8) is 0 Å². The summed E-state index contributed by atoms with van der Waals surface area (Å²) < 4.78 is 53.3. The van der Waals surface area contributed by atoms with Crippen molar-refractivity contribution >= 4 is 23.4 Å². The number of rotatable bonds is 2. The Kier molecular flexibility index (Phi) is 3.63. The number of esters is 1. The highest BCUT2D eigenvalue weighted by Gasteiger charge is 2.45. The van der Waals surface area contributed by atoms with E-state index in [-0.39, 0.29) is 22.2 Å². The van der Waals surface area contributed by atoms with Crippen LogP contribution >= 0.6 is 11.6 Å². The summed E-state index contributed by atoms with van der Waals surface area (Å²) in [5.74, 6) is -4.11. The lowest BCUT2D eigenvalue weighted by molar-refractivity contribution is -0.287. The van der Waals surface area contributed by atoms with E-state index in [2.05, 4.69) is 24.2 Å². The lowest BCUT2D eigenvalue weighted by atomic mass is 10.1. The summed E-state index contributed by atoms with van der Waals surface area (Å²) in [5.41, 5.74) is 4.83. The number of nitrogens with zero attached hydrogens (tertiary/aromatic N) is 2. The average Bonchev–Trinajstić information content (AvgIpc) is 2.85. The van der Waals surface area contributed by atoms with Crippen LogP contribution in [0.5, 0.6) is 11.5 Å². The Hall–Kier alpha value is -2.75. The maximum atomic E-state index is 14.4. The molecule has 3 rings (SSSR count). The van der Waals surface area contributed by atoms with Gasteiger partial charge in [-0.3, -0.25) is 0 Å². The molecule has 1 aliphatic heterocycles. The first-order chi connectivity index (χ1) is 11.2. The third-order valence-corrected chi connectivity index (χ3v) is 3.38. The SMILES string of the molecule is COC(=O)c1nc(-c2ccc3c(c2F)OC(F)(F)O3)nc(N)c1Cl. The molecule has 126 valence electrons. The molecule has 0 amide bonds. The number of methoxy groups -OCH3 is 1. The number of carbonyl (C=O) groups is 1. The summed E-state index contributed by atoms with van der Waals surface area (Å²) in [4.78, 5) is 19.2. The van der Waals surface area contributed by atoms with Crippen LogP contribution in [0.25, 0.3) is 11.4 Å². The predicted molar refractivity (Wildman–Crippen MR) is 74.4 cm³/mol. The number of halogens is 4. The van der Waals surface area contributed by atoms with Gasteiger partial charge in [-0.25, -0.2) is 19.2 Å². The summed E-state index contributed by atoms with van der Waals surface area (Å²) in [6, 6.07) is 2.11. The smallest absolute Gasteiger partial charge is 0.464 e. The van der Waals surface area contributed by atoms with Crippen molar-refractivity contribution < 1.29 is 32.2 Å². The van der Waals surface area contributed by atoms with Crippen molar-refractivity contribution in [1.29, 1.82) is 0 Å². The number of alkyl halides is 2. The van der Waals surface area contributed by atoms with Gasteiger partial charge >= 0.3 is 12.3 Å². The van der Waals surface area contributed by atoms with Crippen molar-refractivity contribution in [2.24, 2.45) is 0 Å². The van der Waals surface area contributed by atoms with Gasteiger partial charge in [0.25, 0.3) is 0 Å². The van der Waals surface area contributed by atoms with E-state index in [1.165, 1.54) is 0 Å². The Balaban J connectivity index is 2.15. The fourth-order valence-electron chi connectivity index (χ4n) is 1.97. The quantitative estimate of drug-likeness (QED) is 0.821. The number of benzene rings is 1. The average molecular weight is 362 g/mol. The Bertz CT molecular complexity index is 863. The molecule has 0 unspecified atom stereocenters. The third-order valence-electron chi connectivity index (χ3n) is 3.01. The molecular formula is C13H7ClF3N3O4. The summed E-state index contributed by atoms with van der Waals surface area (Å²) in [6.07, 6.45) is -3.99. The number of fused-ring (bicyclic) bond motifs is 1. The van der Waals surface area contributed by atoms with Crippen molar-refractivity contribution in [3.05, 3.63) is 28.7 Å². The van der Waals surface area contributed by atoms with E-state index < -0.39 is 35.3 Å². The normalized spacial score (nSPS) is 14.5. The number of nitrogen functional groups attached to an aromatic ring is 1. The first kappa shape index (κ1) is 16.1. The molecule has 0 spiro atoms. The van der Waals surface area contributed by atoms with Gasteiger partial charge < -0.3 is 19.9 Å². The Morgan fingerprint density at radius 1 is 1.33 bits per heavy atom. The zero-order chi connectivity index (χ0) is 17.6. The molecule has 7 nitrogen and oxygen atoms in total. The van der Waals surface area contributed by atoms with E-state index in [1.54, 1.807) is 0 Å². The molecule has 2 aromatic rings. The molecule has 0 saturated carbocycles. The van der Waals surface area contributed by atoms with E-state index in [1.807, 2.05) is 0 Å². The summed E-state index contributed by atoms with van der Waals surface area (Å²) in [5, 5.41) is -0.279. The molecule has 1 aliphatic rings. The van der Waals surface area contributed by atoms with E-state index in [9.17, 15) is 18.0 Å². The van der Waals surface area contributed by atoms with Gasteiger partial charge in [0.05, 0.1) is 12.7 Å². The van der Waals surface area contributed by atoms with E-state index in [0.717, 1.165) is 19.2 Å². The van der Waals surface area contributed by atoms with E-state index in [4.69, 9.17) is 17.3 Å². The topological polar surface area (TPSA) is 96.6 Å². The van der Waals surface area contributed by atoms with Gasteiger partial charge in [0.1, 0.15) is 10.8 Å². The molecule has 2 heterocycles. The molecule has 0 aliphatic carbocycles. The second-order valence-corrected chi connectivity index (χ2v) is 4.89. The minimum Gasteiger partial charge on any atom is -0.464 e. The minimum absolute atomic E-state index is 0.279. The summed E-state index contributed by atoms with van der Waals surface area (Å²) >= 11 is 5.81. The second-order valence-electron chi connectivity index (χ2n) is 4.51. The molecule has 0 saturated heterocycles. The maximum absolute atomic E-state index is 14.4. The monoisotopic (exact) mass is 361 g/mol. The van der Waals surface area contributed by atoms with Gasteiger partial charge in [0, 0.05) is 0 Å². The Morgan fingerprint density at radius 2 is 2.04 bits per heavy atom. The Labute approximate surface area is 137 Å². The molecule has 2 N–H and O–H groups in total. The highest BCUT2D eigenvalue weighted by Crippen LogP contribution is 2.45. The van der Waals surface area contributed by atoms with Crippen LogP contribution in [0, 0.1) is 5.82 Å². The fourth-order valence-corrected chi connectivity index (χ4v) is 2.13. The van der Waals surface area contributed by atoms with Crippen molar-refractivity contribution in [3.8, 4) is 22.9 Å². The number of hydrogen-bond donors (Lipinski definition) is 1. The molecule has 0 bridgehead atoms. The van der Waals surface area contributed by atoms with Gasteiger partial charge in [0.15, 0.2) is 23.1 Å². The zero-order valence-corrected chi connectivity index (χ0v) is 12.5. The number of anilines is 1. The van der Waals surface area contributed by atoms with Gasteiger partial charge in [-0.05, 0) is 12.1 Å². The molecule has 0 atom stereocenters. The number of carbonyl (C=O) groups excluding carboxylic acids is 1. The van der Waals surface area contributed by atoms with Gasteiger partial charge in [-0.2, -0.15) is 0 Å². The Morgan fingerprint density at radius 3 is 2.71 bits per heavy atom. The number of nitrogens with two attached hydrogens (primary N) is 1. The molecule has 0 fully saturated rings. The second kappa shape index (κ2) is 5.41. The van der Waals surface area contributed by atoms with Crippen LogP contribution in [0.1, 0.15) is 10.5 Å². The maximum Gasteiger partial charge on any atom is 0.586 e. The molecule has 0 radical (unpaired) electrons. The first-order valence-corrected chi connectivity index (χ1v) is 6.61. The van der Waals surface area contributed by atoms with Crippen LogP contribution in [0.4, 0.5) is 19.0 Å². The largest absolute Gasteiger partial charge is 0.586 e. The van der Waals surface area contributed by atoms with Crippen molar-refractivity contribution in [2.45, 2.75) is 6.29 Å². The number of ether oxygens (including phenoxy) is 3. The van der Waals surface area contributed by atoms with Crippen LogP contribution in [0.2, 0.25) is 5.02 Å². The van der Waals surface area contributed by atoms with Crippen LogP contribution in [-0.4, -0.2) is 29.3 Å². The van der Waals surface area contributed by atoms with E-state index in [0.29, 0.717) is 0 Å². The van der Waals surface area contributed by atoms with Gasteiger partial charge in [0.2, 0.25) is 5.75 Å². The molecule has 1 aromatic carbocycles. The van der Waals surface area contributed by atoms with Crippen molar-refractivity contribution in [1.82, 2.24) is 9.97 Å². The number of hydrogen-bond acceptors (Lipinski definition) is 7. The minimum atomic E-state index is -3.99. The zero-order valence-electron chi connectivity index (χ0n) is 11.8. The highest BCUT2D eigenvalue weighted by molar-refractivity contribution is 6.35. The third kappa shape index (κ3) is 2.54. The van der Waals surface area contributed by atoms with Crippen LogP contribution < -0.4 is 15.2 Å². The molecule has 11 heteroatoms. The highest BCUT2D eigenvalue weighted by atomic mass is 35.5. The molecule has 24 heavy (non-hydrogen) atoms. The van der Waals surface area contributed by atoms with Gasteiger partial charge in [-0.15, -0.1) is 8.78 Å². The standard InChI is InChI=1S/C13H7ClF3N3O4/c1-22-12(21)8-6(14)10(18)20-11(19-8)4-2-3-5-9(7(4)15)24-13(16,17)23-5/h2-3H,1H3,(H2,18,19,20). The van der Waals surface area contributed by atoms with Crippen molar-refractivity contribution in [2.75, 3.05) is 12.8 Å². The van der Waals surface area contributed by atoms with Crippen LogP contribution in [0.15, 0.2) is 12.1 Å². The predicted octanol–water partition coefficient (Wildman–Crippen LogP) is 2.63. The lowest BCUT2D eigenvalue weighted by Gasteiger charge is -2.09. The van der Waals surface area contributed by atoms with Crippen LogP contribution in [-0.2, 0) is 4.74 Å².